The average Bonchev–Trinajstić information content (AvgIpc) is 2.26. The molecule has 0 saturated carbocycles. The molecule has 0 saturated heterocycles. The molecule has 0 aliphatic carbocycles. The molecule has 1 aromatic rings. The highest BCUT2D eigenvalue weighted by Crippen LogP contribution is 2.29. The zero-order chi connectivity index (χ0) is 13.0. The molecule has 0 aliphatic heterocycles. The fourth-order valence-corrected chi connectivity index (χ4v) is 1.33. The second kappa shape index (κ2) is 5.90. The monoisotopic (exact) mass is 308 g/mol. The molecular formula is C10H11BrF2N2O2. The molecule has 1 amide bonds. The van der Waals surface area contributed by atoms with Crippen LogP contribution in [0.3, 0.4) is 0 Å². The van der Waals surface area contributed by atoms with Crippen LogP contribution in [0.5, 0.6) is 5.88 Å². The summed E-state index contributed by atoms with van der Waals surface area (Å²) in [6.45, 7) is -0.318. The largest absolute Gasteiger partial charge is 0.467 e. The van der Waals surface area contributed by atoms with Gasteiger partial charge < -0.3 is 9.64 Å². The van der Waals surface area contributed by atoms with Gasteiger partial charge in [0.15, 0.2) is 6.61 Å². The Morgan fingerprint density at radius 2 is 2.24 bits per heavy atom. The number of pyridine rings is 1. The summed E-state index contributed by atoms with van der Waals surface area (Å²) < 4.78 is 30.7. The van der Waals surface area contributed by atoms with Crippen molar-refractivity contribution in [2.75, 3.05) is 20.7 Å². The molecular weight excluding hydrogens is 298 g/mol. The lowest BCUT2D eigenvalue weighted by Gasteiger charge is -2.12. The van der Waals surface area contributed by atoms with Crippen LogP contribution in [0.25, 0.3) is 0 Å². The van der Waals surface area contributed by atoms with Gasteiger partial charge in [-0.2, -0.15) is 0 Å². The second-order valence-corrected chi connectivity index (χ2v) is 4.34. The minimum atomic E-state index is -2.70. The first-order chi connectivity index (χ1) is 7.91. The van der Waals surface area contributed by atoms with Crippen LogP contribution in [0.1, 0.15) is 12.0 Å². The van der Waals surface area contributed by atoms with Gasteiger partial charge in [0, 0.05) is 24.8 Å². The van der Waals surface area contributed by atoms with E-state index in [0.29, 0.717) is 4.47 Å². The first-order valence-electron chi connectivity index (χ1n) is 4.68. The van der Waals surface area contributed by atoms with Crippen LogP contribution in [-0.4, -0.2) is 36.5 Å². The number of ether oxygens (including phenoxy) is 1. The van der Waals surface area contributed by atoms with Crippen LogP contribution in [0.15, 0.2) is 16.7 Å². The molecule has 1 rings (SSSR count). The number of aromatic nitrogens is 1. The fraction of sp³-hybridized carbons (Fsp3) is 0.400. The minimum absolute atomic E-state index is 0.224. The highest BCUT2D eigenvalue weighted by Gasteiger charge is 2.17. The Bertz CT molecular complexity index is 413. The normalized spacial score (nSPS) is 10.5. The van der Waals surface area contributed by atoms with Gasteiger partial charge in [0.05, 0.1) is 5.56 Å². The third kappa shape index (κ3) is 3.92. The highest BCUT2D eigenvalue weighted by molar-refractivity contribution is 9.10. The predicted octanol–water partition coefficient (Wildman–Crippen LogP) is 2.25. The van der Waals surface area contributed by atoms with Crippen molar-refractivity contribution in [2.45, 2.75) is 6.43 Å². The van der Waals surface area contributed by atoms with Crippen molar-refractivity contribution in [2.24, 2.45) is 0 Å². The van der Waals surface area contributed by atoms with Crippen molar-refractivity contribution in [1.82, 2.24) is 9.88 Å². The summed E-state index contributed by atoms with van der Waals surface area (Å²) in [6, 6.07) is 1.22. The molecule has 0 aromatic carbocycles. The van der Waals surface area contributed by atoms with Crippen molar-refractivity contribution in [3.05, 3.63) is 22.3 Å². The van der Waals surface area contributed by atoms with Gasteiger partial charge in [0.1, 0.15) is 0 Å². The average molecular weight is 309 g/mol. The molecule has 4 nitrogen and oxygen atoms in total. The Morgan fingerprint density at radius 1 is 1.59 bits per heavy atom. The number of likely N-dealkylation sites (N-methyl/N-ethyl adjacent to an activating group) is 1. The maximum atomic E-state index is 12.7. The molecule has 0 aliphatic rings. The van der Waals surface area contributed by atoms with Crippen LogP contribution in [0.2, 0.25) is 0 Å². The van der Waals surface area contributed by atoms with E-state index in [1.54, 1.807) is 14.1 Å². The zero-order valence-corrected chi connectivity index (χ0v) is 10.9. The Labute approximate surface area is 106 Å². The number of hydrogen-bond acceptors (Lipinski definition) is 3. The van der Waals surface area contributed by atoms with Crippen LogP contribution in [0.4, 0.5) is 8.78 Å². The van der Waals surface area contributed by atoms with Gasteiger partial charge in [0.2, 0.25) is 5.88 Å². The van der Waals surface area contributed by atoms with Crippen LogP contribution < -0.4 is 4.74 Å². The molecule has 0 fully saturated rings. The fourth-order valence-electron chi connectivity index (χ4n) is 0.979. The number of alkyl halides is 2. The maximum absolute atomic E-state index is 12.7. The van der Waals surface area contributed by atoms with Gasteiger partial charge in [-0.1, -0.05) is 0 Å². The number of carbonyl (C=O) groups is 1. The van der Waals surface area contributed by atoms with E-state index in [1.165, 1.54) is 17.2 Å². The van der Waals surface area contributed by atoms with E-state index in [2.05, 4.69) is 20.9 Å². The summed E-state index contributed by atoms with van der Waals surface area (Å²) in [5, 5.41) is 0. The number of carbonyl (C=O) groups excluding carboxylic acids is 1. The van der Waals surface area contributed by atoms with Crippen molar-refractivity contribution in [3.63, 3.8) is 0 Å². The summed E-state index contributed by atoms with van der Waals surface area (Å²) in [5.74, 6) is -0.548. The smallest absolute Gasteiger partial charge is 0.269 e. The van der Waals surface area contributed by atoms with Gasteiger partial charge in [-0.15, -0.1) is 0 Å². The van der Waals surface area contributed by atoms with Crippen LogP contribution >= 0.6 is 15.9 Å². The maximum Gasteiger partial charge on any atom is 0.269 e. The van der Waals surface area contributed by atoms with E-state index in [0.717, 1.165) is 0 Å². The summed E-state index contributed by atoms with van der Waals surface area (Å²) in [6.07, 6.45) is -1.37. The summed E-state index contributed by atoms with van der Waals surface area (Å²) in [7, 11) is 3.10. The molecule has 0 bridgehead atoms. The third-order valence-electron chi connectivity index (χ3n) is 1.91. The quantitative estimate of drug-likeness (QED) is 0.857. The predicted molar refractivity (Wildman–Crippen MR) is 61.1 cm³/mol. The number of amides is 1. The van der Waals surface area contributed by atoms with Crippen LogP contribution in [0, 0.1) is 0 Å². The van der Waals surface area contributed by atoms with Crippen molar-refractivity contribution in [3.8, 4) is 5.88 Å². The molecule has 0 atom stereocenters. The van der Waals surface area contributed by atoms with Crippen molar-refractivity contribution < 1.29 is 18.3 Å². The van der Waals surface area contributed by atoms with E-state index < -0.39 is 6.43 Å². The minimum Gasteiger partial charge on any atom is -0.467 e. The van der Waals surface area contributed by atoms with Gasteiger partial charge >= 0.3 is 0 Å². The first kappa shape index (κ1) is 13.8. The second-order valence-electron chi connectivity index (χ2n) is 3.43. The molecule has 0 radical (unpaired) electrons. The molecule has 1 heterocycles. The molecule has 0 unspecified atom stereocenters. The lowest BCUT2D eigenvalue weighted by Crippen LogP contribution is -2.27. The van der Waals surface area contributed by atoms with Crippen molar-refractivity contribution >= 4 is 21.8 Å². The van der Waals surface area contributed by atoms with Crippen molar-refractivity contribution in [1.29, 1.82) is 0 Å². The van der Waals surface area contributed by atoms with E-state index in [1.807, 2.05) is 0 Å². The van der Waals surface area contributed by atoms with Gasteiger partial charge in [0.25, 0.3) is 12.3 Å². The molecule has 0 N–H and O–H groups in total. The summed E-state index contributed by atoms with van der Waals surface area (Å²) in [4.78, 5) is 16.3. The SMILES string of the molecule is CN(C)C(=O)COc1ncc(Br)cc1C(F)F. The molecule has 1 aromatic heterocycles. The summed E-state index contributed by atoms with van der Waals surface area (Å²) in [5.41, 5.74) is -0.342. The number of halogens is 3. The number of rotatable bonds is 4. The number of hydrogen-bond donors (Lipinski definition) is 0. The molecule has 7 heteroatoms. The lowest BCUT2D eigenvalue weighted by atomic mass is 10.3. The van der Waals surface area contributed by atoms with Gasteiger partial charge in [-0.3, -0.25) is 4.79 Å². The van der Waals surface area contributed by atoms with E-state index in [-0.39, 0.29) is 24.0 Å². The molecule has 0 spiro atoms. The summed E-state index contributed by atoms with van der Waals surface area (Å²) >= 11 is 3.04. The molecule has 94 valence electrons. The standard InChI is InChI=1S/C10H11BrF2N2O2/c1-15(2)8(16)5-17-10-7(9(12)13)3-6(11)4-14-10/h3-4,9H,5H2,1-2H3. The van der Waals surface area contributed by atoms with E-state index >= 15 is 0 Å². The molecule has 17 heavy (non-hydrogen) atoms. The van der Waals surface area contributed by atoms with E-state index in [4.69, 9.17) is 4.74 Å². The Kier molecular flexibility index (Phi) is 4.80. The lowest BCUT2D eigenvalue weighted by molar-refractivity contribution is -0.130. The van der Waals surface area contributed by atoms with Gasteiger partial charge in [-0.05, 0) is 22.0 Å². The topological polar surface area (TPSA) is 42.4 Å². The van der Waals surface area contributed by atoms with E-state index in [9.17, 15) is 13.6 Å². The Hall–Kier alpha value is -1.24. The van der Waals surface area contributed by atoms with Crippen LogP contribution in [-0.2, 0) is 4.79 Å². The Morgan fingerprint density at radius 3 is 2.76 bits per heavy atom. The zero-order valence-electron chi connectivity index (χ0n) is 9.28. The Balaban J connectivity index is 2.80. The number of nitrogens with zero attached hydrogens (tertiary/aromatic N) is 2. The van der Waals surface area contributed by atoms with Gasteiger partial charge in [-0.25, -0.2) is 13.8 Å². The highest BCUT2D eigenvalue weighted by atomic mass is 79.9. The third-order valence-corrected chi connectivity index (χ3v) is 2.35. The first-order valence-corrected chi connectivity index (χ1v) is 5.47.